The second-order valence-electron chi connectivity index (χ2n) is 7.09. The van der Waals surface area contributed by atoms with E-state index in [1.807, 2.05) is 23.7 Å². The molecule has 33 heavy (non-hydrogen) atoms. The first-order valence-electron chi connectivity index (χ1n) is 10.1. The summed E-state index contributed by atoms with van der Waals surface area (Å²) < 4.78 is 7.14. The van der Waals surface area contributed by atoms with Gasteiger partial charge in [0.2, 0.25) is 0 Å². The van der Waals surface area contributed by atoms with Gasteiger partial charge in [0.25, 0.3) is 0 Å². The number of esters is 1. The Kier molecular flexibility index (Phi) is 6.95. The van der Waals surface area contributed by atoms with Crippen LogP contribution in [0, 0.1) is 0 Å². The molecule has 11 heteroatoms. The highest BCUT2D eigenvalue weighted by Gasteiger charge is 2.34. The van der Waals surface area contributed by atoms with Gasteiger partial charge in [-0.3, -0.25) is 4.98 Å². The second-order valence-corrected chi connectivity index (χ2v) is 8.47. The summed E-state index contributed by atoms with van der Waals surface area (Å²) >= 11 is 7.36. The number of ether oxygens (including phenoxy) is 1. The average molecular weight is 485 g/mol. The van der Waals surface area contributed by atoms with Gasteiger partial charge in [-0.25, -0.2) is 9.59 Å². The van der Waals surface area contributed by atoms with Crippen LogP contribution in [0.1, 0.15) is 18.5 Å². The van der Waals surface area contributed by atoms with Gasteiger partial charge in [-0.2, -0.15) is 0 Å². The second kappa shape index (κ2) is 10.1. The molecule has 1 aliphatic heterocycles. The summed E-state index contributed by atoms with van der Waals surface area (Å²) in [5.74, 6) is 0.443. The van der Waals surface area contributed by atoms with E-state index in [1.54, 1.807) is 43.6 Å². The molecule has 2 N–H and O–H groups in total. The quantitative estimate of drug-likeness (QED) is 0.390. The Bertz CT molecular complexity index is 1200. The van der Waals surface area contributed by atoms with Crippen LogP contribution >= 0.6 is 23.4 Å². The highest BCUT2D eigenvalue weighted by Crippen LogP contribution is 2.31. The molecule has 0 radical (unpaired) electrons. The first-order valence-corrected chi connectivity index (χ1v) is 11.5. The van der Waals surface area contributed by atoms with E-state index in [2.05, 4.69) is 25.8 Å². The minimum atomic E-state index is -0.670. The fourth-order valence-corrected chi connectivity index (χ4v) is 4.42. The van der Waals surface area contributed by atoms with Crippen molar-refractivity contribution in [3.05, 3.63) is 70.6 Å². The summed E-state index contributed by atoms with van der Waals surface area (Å²) in [6.45, 7) is 1.94. The molecule has 0 fully saturated rings. The summed E-state index contributed by atoms with van der Waals surface area (Å²) in [6.07, 6.45) is 3.40. The molecular formula is C22H21ClN6O3S. The lowest BCUT2D eigenvalue weighted by Gasteiger charge is -2.29. The third-order valence-corrected chi connectivity index (χ3v) is 6.25. The molecule has 1 aliphatic rings. The van der Waals surface area contributed by atoms with E-state index in [1.165, 1.54) is 11.8 Å². The van der Waals surface area contributed by atoms with Crippen molar-refractivity contribution in [2.45, 2.75) is 18.1 Å². The Balaban J connectivity index is 1.65. The molecule has 0 spiro atoms. The number of nitrogens with one attached hydrogen (secondary N) is 2. The van der Waals surface area contributed by atoms with Crippen molar-refractivity contribution in [1.82, 2.24) is 30.4 Å². The van der Waals surface area contributed by atoms with Crippen LogP contribution in [-0.2, 0) is 16.6 Å². The molecule has 9 nitrogen and oxygen atoms in total. The molecule has 4 rings (SSSR count). The molecule has 1 aromatic carbocycles. The van der Waals surface area contributed by atoms with Gasteiger partial charge in [-0.1, -0.05) is 35.5 Å². The van der Waals surface area contributed by atoms with Gasteiger partial charge >= 0.3 is 12.0 Å². The number of rotatable bonds is 7. The third kappa shape index (κ3) is 5.01. The van der Waals surface area contributed by atoms with Gasteiger partial charge in [0.05, 0.1) is 18.2 Å². The predicted molar refractivity (Wildman–Crippen MR) is 124 cm³/mol. The number of pyridine rings is 1. The van der Waals surface area contributed by atoms with Crippen LogP contribution in [0.15, 0.2) is 65.2 Å². The van der Waals surface area contributed by atoms with Gasteiger partial charge in [0, 0.05) is 41.5 Å². The number of benzene rings is 1. The maximum Gasteiger partial charge on any atom is 0.338 e. The van der Waals surface area contributed by atoms with E-state index < -0.39 is 18.0 Å². The number of nitrogens with zero attached hydrogens (tertiary/aromatic N) is 4. The largest absolute Gasteiger partial charge is 0.463 e. The number of halogens is 1. The zero-order chi connectivity index (χ0) is 23.4. The first-order chi connectivity index (χ1) is 16.0. The monoisotopic (exact) mass is 484 g/mol. The molecule has 2 amide bonds. The van der Waals surface area contributed by atoms with Crippen LogP contribution < -0.4 is 10.6 Å². The Morgan fingerprint density at radius 3 is 2.73 bits per heavy atom. The van der Waals surface area contributed by atoms with Crippen LogP contribution in [0.25, 0.3) is 11.4 Å². The summed E-state index contributed by atoms with van der Waals surface area (Å²) in [4.78, 5) is 29.4. The number of carbonyl (C=O) groups is 2. The minimum Gasteiger partial charge on any atom is -0.463 e. The fraction of sp³-hybridized carbons (Fsp3) is 0.227. The van der Waals surface area contributed by atoms with Crippen molar-refractivity contribution in [3.63, 3.8) is 0 Å². The number of hydrogen-bond donors (Lipinski definition) is 2. The van der Waals surface area contributed by atoms with E-state index in [0.717, 1.165) is 11.1 Å². The van der Waals surface area contributed by atoms with E-state index in [9.17, 15) is 9.59 Å². The zero-order valence-corrected chi connectivity index (χ0v) is 19.5. The van der Waals surface area contributed by atoms with Crippen LogP contribution in [0.2, 0.25) is 5.02 Å². The Labute approximate surface area is 199 Å². The molecule has 3 heterocycles. The molecule has 0 aliphatic carbocycles. The maximum absolute atomic E-state index is 12.9. The molecule has 1 atom stereocenters. The van der Waals surface area contributed by atoms with E-state index in [-0.39, 0.29) is 12.4 Å². The van der Waals surface area contributed by atoms with Gasteiger partial charge in [-0.15, -0.1) is 10.2 Å². The Morgan fingerprint density at radius 1 is 1.24 bits per heavy atom. The van der Waals surface area contributed by atoms with Crippen molar-refractivity contribution in [1.29, 1.82) is 0 Å². The van der Waals surface area contributed by atoms with Gasteiger partial charge in [-0.05, 0) is 36.8 Å². The van der Waals surface area contributed by atoms with Crippen molar-refractivity contribution >= 4 is 35.4 Å². The van der Waals surface area contributed by atoms with Crippen molar-refractivity contribution in [3.8, 4) is 11.4 Å². The SMILES string of the molecule is CCOC(=O)C1=C(CSc2nnc(-c3cccnc3)n2C)NC(=O)NC1c1ccc(Cl)cc1. The summed E-state index contributed by atoms with van der Waals surface area (Å²) in [5.41, 5.74) is 2.34. The molecular weight excluding hydrogens is 464 g/mol. The molecule has 0 bridgehead atoms. The lowest BCUT2D eigenvalue weighted by molar-refractivity contribution is -0.139. The van der Waals surface area contributed by atoms with Crippen molar-refractivity contribution in [2.75, 3.05) is 12.4 Å². The lowest BCUT2D eigenvalue weighted by atomic mass is 9.95. The number of aromatic nitrogens is 4. The molecule has 1 unspecified atom stereocenters. The van der Waals surface area contributed by atoms with Gasteiger partial charge in [0.15, 0.2) is 11.0 Å². The van der Waals surface area contributed by atoms with E-state index in [0.29, 0.717) is 27.3 Å². The molecule has 170 valence electrons. The highest BCUT2D eigenvalue weighted by atomic mass is 35.5. The molecule has 0 saturated carbocycles. The van der Waals surface area contributed by atoms with Crippen LogP contribution in [0.4, 0.5) is 4.79 Å². The molecule has 2 aromatic heterocycles. The van der Waals surface area contributed by atoms with E-state index >= 15 is 0 Å². The molecule has 0 saturated heterocycles. The maximum atomic E-state index is 12.9. The third-order valence-electron chi connectivity index (χ3n) is 4.95. The number of amides is 2. The Morgan fingerprint density at radius 2 is 2.03 bits per heavy atom. The van der Waals surface area contributed by atoms with E-state index in [4.69, 9.17) is 16.3 Å². The average Bonchev–Trinajstić information content (AvgIpc) is 3.18. The number of thioether (sulfide) groups is 1. The predicted octanol–water partition coefficient (Wildman–Crippen LogP) is 3.49. The Hall–Kier alpha value is -3.37. The first kappa shape index (κ1) is 22.8. The number of hydrogen-bond acceptors (Lipinski definition) is 7. The number of carbonyl (C=O) groups excluding carboxylic acids is 2. The highest BCUT2D eigenvalue weighted by molar-refractivity contribution is 7.99. The normalized spacial score (nSPS) is 15.7. The summed E-state index contributed by atoms with van der Waals surface area (Å²) in [5, 5.41) is 15.3. The molecule has 3 aromatic rings. The van der Waals surface area contributed by atoms with Crippen LogP contribution in [0.3, 0.4) is 0 Å². The number of urea groups is 1. The lowest BCUT2D eigenvalue weighted by Crippen LogP contribution is -2.46. The summed E-state index contributed by atoms with van der Waals surface area (Å²) in [7, 11) is 1.85. The topological polar surface area (TPSA) is 111 Å². The van der Waals surface area contributed by atoms with Crippen LogP contribution in [0.5, 0.6) is 0 Å². The smallest absolute Gasteiger partial charge is 0.338 e. The van der Waals surface area contributed by atoms with Gasteiger partial charge in [0.1, 0.15) is 0 Å². The van der Waals surface area contributed by atoms with Crippen LogP contribution in [-0.4, -0.2) is 44.1 Å². The van der Waals surface area contributed by atoms with Gasteiger partial charge < -0.3 is 19.9 Å². The summed E-state index contributed by atoms with van der Waals surface area (Å²) in [6, 6.07) is 9.61. The van der Waals surface area contributed by atoms with Crippen molar-refractivity contribution in [2.24, 2.45) is 7.05 Å². The standard InChI is InChI=1S/C22H21ClN6O3S/c1-3-32-20(30)17-16(25-21(31)26-18(17)13-6-8-15(23)9-7-13)12-33-22-28-27-19(29(22)2)14-5-4-10-24-11-14/h4-11,18H,3,12H2,1-2H3,(H2,25,26,31). The van der Waals surface area contributed by atoms with Crippen molar-refractivity contribution < 1.29 is 14.3 Å². The minimum absolute atomic E-state index is 0.210. The fourth-order valence-electron chi connectivity index (χ4n) is 3.41. The zero-order valence-electron chi connectivity index (χ0n) is 17.9.